The Balaban J connectivity index is 1.30. The fraction of sp³-hybridized carbons (Fsp3) is 0.840. The average Bonchev–Trinajstić information content (AvgIpc) is 0.784. The van der Waals surface area contributed by atoms with E-state index in [0.717, 1.165) is 83.5 Å². The van der Waals surface area contributed by atoms with Gasteiger partial charge in [-0.3, -0.25) is 4.79 Å². The van der Waals surface area contributed by atoms with Crippen molar-refractivity contribution in [3.63, 3.8) is 0 Å². The van der Waals surface area contributed by atoms with Crippen molar-refractivity contribution in [2.75, 3.05) is 26.4 Å². The van der Waals surface area contributed by atoms with Crippen LogP contribution in [0.2, 0.25) is 0 Å². The van der Waals surface area contributed by atoms with E-state index in [1.807, 2.05) is 0 Å². The lowest BCUT2D eigenvalue weighted by atomic mass is 9.96. The van der Waals surface area contributed by atoms with Gasteiger partial charge >= 0.3 is 0 Å². The first kappa shape index (κ1) is 91.4. The van der Waals surface area contributed by atoms with Crippen LogP contribution in [-0.2, 0) is 33.2 Å². The topological polar surface area (TPSA) is 307 Å². The number of hydrogen-bond donors (Lipinski definition) is 12. The molecule has 3 aliphatic heterocycles. The number of aliphatic hydroxyl groups excluding tert-OH is 11. The number of unbranched alkanes of at least 4 members (excludes halogenated alkanes) is 35. The summed E-state index contributed by atoms with van der Waals surface area (Å²) in [7, 11) is 0. The SMILES string of the molecule is CC/C=C\C/C=C\C/C=C\C/C=C\C/C=C\C/C=C\CCCCCCCCCCCCCCCCCCCCCCC(=O)NC(COC1OC(CO)C(OC2OC(CO)C(OC3OC(CO)C(O)C(O)C3O)C(O)C2O)C(O)C1O)C(O)CCCCCCCCCCCCCCCCCC. The van der Waals surface area contributed by atoms with Crippen LogP contribution in [0.3, 0.4) is 0 Å². The zero-order valence-corrected chi connectivity index (χ0v) is 62.2. The Hall–Kier alpha value is -2.77. The van der Waals surface area contributed by atoms with Crippen molar-refractivity contribution in [1.82, 2.24) is 5.32 Å². The first-order chi connectivity index (χ1) is 48.8. The highest BCUT2D eigenvalue weighted by Crippen LogP contribution is 2.33. The number of carbonyl (C=O) groups is 1. The number of nitrogens with one attached hydrogen (secondary N) is 1. The normalized spacial score (nSPS) is 26.8. The summed E-state index contributed by atoms with van der Waals surface area (Å²) in [5.41, 5.74) is 0. The van der Waals surface area contributed by atoms with E-state index in [-0.39, 0.29) is 18.9 Å². The van der Waals surface area contributed by atoms with Crippen LogP contribution in [0.25, 0.3) is 0 Å². The van der Waals surface area contributed by atoms with Gasteiger partial charge in [0.25, 0.3) is 0 Å². The quantitative estimate of drug-likeness (QED) is 0.0199. The molecular formula is C81H145NO18. The third kappa shape index (κ3) is 41.2. The van der Waals surface area contributed by atoms with Gasteiger partial charge in [0, 0.05) is 6.42 Å². The Morgan fingerprint density at radius 2 is 0.690 bits per heavy atom. The van der Waals surface area contributed by atoms with Gasteiger partial charge in [0.1, 0.15) is 73.2 Å². The van der Waals surface area contributed by atoms with Gasteiger partial charge < -0.3 is 89.9 Å². The van der Waals surface area contributed by atoms with Crippen molar-refractivity contribution >= 4 is 5.91 Å². The molecule has 0 spiro atoms. The van der Waals surface area contributed by atoms with Gasteiger partial charge in [-0.15, -0.1) is 0 Å². The van der Waals surface area contributed by atoms with Gasteiger partial charge in [0.2, 0.25) is 5.91 Å². The average molecular weight is 1420 g/mol. The molecular weight excluding hydrogens is 1270 g/mol. The zero-order valence-electron chi connectivity index (χ0n) is 62.2. The Morgan fingerprint density at radius 3 is 1.08 bits per heavy atom. The van der Waals surface area contributed by atoms with Crippen LogP contribution < -0.4 is 5.32 Å². The lowest BCUT2D eigenvalue weighted by Crippen LogP contribution is -2.66. The summed E-state index contributed by atoms with van der Waals surface area (Å²) < 4.78 is 34.5. The van der Waals surface area contributed by atoms with E-state index in [1.165, 1.54) is 186 Å². The predicted molar refractivity (Wildman–Crippen MR) is 397 cm³/mol. The van der Waals surface area contributed by atoms with Gasteiger partial charge in [-0.05, 0) is 64.2 Å². The van der Waals surface area contributed by atoms with E-state index >= 15 is 0 Å². The molecule has 0 aromatic carbocycles. The molecule has 100 heavy (non-hydrogen) atoms. The van der Waals surface area contributed by atoms with Crippen LogP contribution >= 0.6 is 0 Å². The highest BCUT2D eigenvalue weighted by Gasteiger charge is 2.54. The van der Waals surface area contributed by atoms with E-state index in [0.29, 0.717) is 12.8 Å². The molecule has 0 aromatic rings. The zero-order chi connectivity index (χ0) is 72.5. The molecule has 19 heteroatoms. The van der Waals surface area contributed by atoms with Gasteiger partial charge in [-0.2, -0.15) is 0 Å². The van der Waals surface area contributed by atoms with Crippen LogP contribution in [0.1, 0.15) is 303 Å². The highest BCUT2D eigenvalue weighted by atomic mass is 16.8. The van der Waals surface area contributed by atoms with E-state index < -0.39 is 124 Å². The van der Waals surface area contributed by atoms with Crippen molar-refractivity contribution in [2.24, 2.45) is 0 Å². The minimum atomic E-state index is -1.97. The molecule has 17 unspecified atom stereocenters. The lowest BCUT2D eigenvalue weighted by Gasteiger charge is -2.48. The molecule has 3 aliphatic rings. The van der Waals surface area contributed by atoms with E-state index in [2.05, 4.69) is 92.1 Å². The standard InChI is InChI=1S/C81H145NO18/c1-3-5-7-9-11-13-15-17-19-21-22-23-24-25-26-27-28-29-30-31-32-33-34-35-36-37-38-39-40-41-42-43-45-47-49-51-53-55-57-59-69(87)82-64(65(86)58-56-54-52-50-48-46-44-20-18-16-14-12-10-8-6-4-2)63-95-79-75(93)72(90)77(67(61-84)97-79)100-81-76(94)73(91)78(68(62-85)98-81)99-80-74(92)71(89)70(88)66(60-83)96-80/h5,7,11,13,17,19,22-23,25-26,28-29,64-68,70-81,83-86,88-94H,3-4,6,8-10,12,14-16,18,20-21,24,27,30-63H2,1-2H3,(H,82,87)/b7-5-,13-11-,19-17-,23-22-,26-25-,29-28-. The molecule has 0 radical (unpaired) electrons. The van der Waals surface area contributed by atoms with Crippen LogP contribution in [-0.4, -0.2) is 193 Å². The van der Waals surface area contributed by atoms with Crippen molar-refractivity contribution in [3.8, 4) is 0 Å². The molecule has 582 valence electrons. The second kappa shape index (κ2) is 61.4. The van der Waals surface area contributed by atoms with Crippen LogP contribution in [0.4, 0.5) is 0 Å². The number of amides is 1. The number of carbonyl (C=O) groups excluding carboxylic acids is 1. The third-order valence-electron chi connectivity index (χ3n) is 19.8. The molecule has 17 atom stereocenters. The summed E-state index contributed by atoms with van der Waals surface area (Å²) in [6.07, 6.45) is 52.9. The highest BCUT2D eigenvalue weighted by molar-refractivity contribution is 5.76. The molecule has 0 aliphatic carbocycles. The van der Waals surface area contributed by atoms with Gasteiger partial charge in [0.05, 0.1) is 38.6 Å². The lowest BCUT2D eigenvalue weighted by molar-refractivity contribution is -0.379. The van der Waals surface area contributed by atoms with Crippen molar-refractivity contribution < 1.29 is 89.4 Å². The number of aliphatic hydroxyl groups is 11. The summed E-state index contributed by atoms with van der Waals surface area (Å²) in [5.74, 6) is -0.239. The molecule has 3 saturated heterocycles. The minimum Gasteiger partial charge on any atom is -0.394 e. The van der Waals surface area contributed by atoms with Crippen molar-refractivity contribution in [1.29, 1.82) is 0 Å². The van der Waals surface area contributed by atoms with E-state index in [4.69, 9.17) is 28.4 Å². The Kier molecular flexibility index (Phi) is 56.1. The first-order valence-electron chi connectivity index (χ1n) is 40.2. The minimum absolute atomic E-state index is 0.239. The molecule has 12 N–H and O–H groups in total. The number of rotatable bonds is 63. The maximum Gasteiger partial charge on any atom is 0.220 e. The number of hydrogen-bond acceptors (Lipinski definition) is 18. The van der Waals surface area contributed by atoms with Crippen molar-refractivity contribution in [3.05, 3.63) is 72.9 Å². The maximum absolute atomic E-state index is 13.5. The largest absolute Gasteiger partial charge is 0.394 e. The van der Waals surface area contributed by atoms with E-state index in [1.54, 1.807) is 0 Å². The molecule has 1 amide bonds. The maximum atomic E-state index is 13.5. The summed E-state index contributed by atoms with van der Waals surface area (Å²) in [6.45, 7) is 1.71. The molecule has 3 fully saturated rings. The molecule has 0 bridgehead atoms. The monoisotopic (exact) mass is 1420 g/mol. The smallest absolute Gasteiger partial charge is 0.220 e. The summed E-state index contributed by atoms with van der Waals surface area (Å²) >= 11 is 0. The number of ether oxygens (including phenoxy) is 6. The van der Waals surface area contributed by atoms with Crippen molar-refractivity contribution in [2.45, 2.75) is 407 Å². The molecule has 3 heterocycles. The van der Waals surface area contributed by atoms with E-state index in [9.17, 15) is 61.0 Å². The summed E-state index contributed by atoms with van der Waals surface area (Å²) in [4.78, 5) is 13.5. The Labute approximate surface area is 604 Å². The Bertz CT molecular complexity index is 2090. The summed E-state index contributed by atoms with van der Waals surface area (Å²) in [6, 6.07) is -0.888. The molecule has 0 aromatic heterocycles. The molecule has 3 rings (SSSR count). The van der Waals surface area contributed by atoms with Crippen LogP contribution in [0.15, 0.2) is 72.9 Å². The van der Waals surface area contributed by atoms with Crippen LogP contribution in [0.5, 0.6) is 0 Å². The van der Waals surface area contributed by atoms with Gasteiger partial charge in [-0.25, -0.2) is 0 Å². The Morgan fingerprint density at radius 1 is 0.370 bits per heavy atom. The predicted octanol–water partition coefficient (Wildman–Crippen LogP) is 13.2. The summed E-state index contributed by atoms with van der Waals surface area (Å²) in [5, 5.41) is 121. The molecule has 19 nitrogen and oxygen atoms in total. The van der Waals surface area contributed by atoms with Crippen LogP contribution in [0, 0.1) is 0 Å². The fourth-order valence-electron chi connectivity index (χ4n) is 13.4. The van der Waals surface area contributed by atoms with Gasteiger partial charge in [-0.1, -0.05) is 305 Å². The third-order valence-corrected chi connectivity index (χ3v) is 19.8. The second-order valence-corrected chi connectivity index (χ2v) is 28.5. The van der Waals surface area contributed by atoms with Gasteiger partial charge in [0.15, 0.2) is 18.9 Å². The second-order valence-electron chi connectivity index (χ2n) is 28.5. The first-order valence-corrected chi connectivity index (χ1v) is 40.2. The fourth-order valence-corrected chi connectivity index (χ4v) is 13.4. The number of allylic oxidation sites excluding steroid dienone is 12. The molecule has 0 saturated carbocycles.